The van der Waals surface area contributed by atoms with Crippen LogP contribution in [0.25, 0.3) is 0 Å². The van der Waals surface area contributed by atoms with E-state index in [9.17, 15) is 4.79 Å². The SMILES string of the molecule is CC(C)CCC[C@H](C)[C@H]1CC[C@H]2[C@@H]3CC(=O)[C@@H]4C=CCC[C@]4(C)[C@H]3CC[C@]12C. The molecule has 0 N–H and O–H groups in total. The van der Waals surface area contributed by atoms with E-state index in [-0.39, 0.29) is 11.3 Å². The predicted molar refractivity (Wildman–Crippen MR) is 118 cm³/mol. The molecule has 0 amide bonds. The summed E-state index contributed by atoms with van der Waals surface area (Å²) < 4.78 is 0. The first kappa shape index (κ1) is 20.7. The molecular weight excluding hydrogens is 340 g/mol. The summed E-state index contributed by atoms with van der Waals surface area (Å²) in [6.45, 7) is 12.4. The van der Waals surface area contributed by atoms with Crippen molar-refractivity contribution in [1.82, 2.24) is 0 Å². The molecule has 0 spiro atoms. The van der Waals surface area contributed by atoms with Crippen LogP contribution in [0.1, 0.15) is 98.8 Å². The second-order valence-corrected chi connectivity index (χ2v) is 12.0. The zero-order valence-corrected chi connectivity index (χ0v) is 19.2. The third-order valence-corrected chi connectivity index (χ3v) is 10.2. The Bertz CT molecular complexity index is 618. The average Bonchev–Trinajstić information content (AvgIpc) is 2.99. The van der Waals surface area contributed by atoms with E-state index in [0.717, 1.165) is 36.0 Å². The molecule has 3 fully saturated rings. The molecule has 0 heterocycles. The molecule has 28 heavy (non-hydrogen) atoms. The molecule has 0 aromatic heterocycles. The van der Waals surface area contributed by atoms with Crippen molar-refractivity contribution in [1.29, 1.82) is 0 Å². The summed E-state index contributed by atoms with van der Waals surface area (Å²) >= 11 is 0. The van der Waals surface area contributed by atoms with Crippen LogP contribution in [0, 0.1) is 52.3 Å². The molecule has 0 saturated heterocycles. The van der Waals surface area contributed by atoms with Gasteiger partial charge in [-0.3, -0.25) is 4.79 Å². The third-order valence-electron chi connectivity index (χ3n) is 10.2. The van der Waals surface area contributed by atoms with Gasteiger partial charge in [0.05, 0.1) is 0 Å². The first-order chi connectivity index (χ1) is 13.3. The van der Waals surface area contributed by atoms with E-state index in [4.69, 9.17) is 0 Å². The van der Waals surface area contributed by atoms with Gasteiger partial charge in [0, 0.05) is 12.3 Å². The van der Waals surface area contributed by atoms with Crippen molar-refractivity contribution < 1.29 is 4.79 Å². The first-order valence-electron chi connectivity index (χ1n) is 12.5. The topological polar surface area (TPSA) is 17.1 Å². The normalized spacial score (nSPS) is 46.2. The van der Waals surface area contributed by atoms with Crippen molar-refractivity contribution in [2.75, 3.05) is 0 Å². The number of allylic oxidation sites excluding steroid dienone is 2. The zero-order valence-electron chi connectivity index (χ0n) is 19.2. The van der Waals surface area contributed by atoms with E-state index < -0.39 is 0 Å². The highest BCUT2D eigenvalue weighted by molar-refractivity contribution is 5.85. The maximum Gasteiger partial charge on any atom is 0.140 e. The first-order valence-corrected chi connectivity index (χ1v) is 12.5. The highest BCUT2D eigenvalue weighted by Gasteiger charge is 2.61. The van der Waals surface area contributed by atoms with Crippen LogP contribution in [-0.4, -0.2) is 5.78 Å². The van der Waals surface area contributed by atoms with E-state index >= 15 is 0 Å². The number of fused-ring (bicyclic) bond motifs is 5. The smallest absolute Gasteiger partial charge is 0.140 e. The number of hydrogen-bond donors (Lipinski definition) is 0. The van der Waals surface area contributed by atoms with E-state index in [1.54, 1.807) is 0 Å². The zero-order chi connectivity index (χ0) is 20.1. The molecule has 8 atom stereocenters. The molecule has 0 radical (unpaired) electrons. The van der Waals surface area contributed by atoms with Crippen LogP contribution < -0.4 is 0 Å². The minimum absolute atomic E-state index is 0.221. The Hall–Kier alpha value is -0.590. The third kappa shape index (κ3) is 3.24. The summed E-state index contributed by atoms with van der Waals surface area (Å²) in [5.41, 5.74) is 0.740. The van der Waals surface area contributed by atoms with Crippen molar-refractivity contribution in [2.45, 2.75) is 98.8 Å². The largest absolute Gasteiger partial charge is 0.299 e. The lowest BCUT2D eigenvalue weighted by atomic mass is 9.45. The van der Waals surface area contributed by atoms with E-state index in [2.05, 4.69) is 46.8 Å². The van der Waals surface area contributed by atoms with Crippen LogP contribution in [0.4, 0.5) is 0 Å². The molecule has 0 aromatic rings. The van der Waals surface area contributed by atoms with Crippen molar-refractivity contribution in [3.05, 3.63) is 12.2 Å². The average molecular weight is 385 g/mol. The standard InChI is InChI=1S/C27H44O/c1-18(2)9-8-10-19(3)21-12-13-22-20-17-25(28)24-11-6-7-15-26(24,4)23(20)14-16-27(21,22)5/h6,11,18-24H,7-10,12-17H2,1-5H3/t19-,20-,21+,22-,23-,24-,26+,27+/m0/s1. The Morgan fingerprint density at radius 3 is 2.50 bits per heavy atom. The molecule has 3 saturated carbocycles. The fourth-order valence-electron chi connectivity index (χ4n) is 8.67. The lowest BCUT2D eigenvalue weighted by Gasteiger charge is -2.59. The van der Waals surface area contributed by atoms with Gasteiger partial charge in [0.15, 0.2) is 0 Å². The fourth-order valence-corrected chi connectivity index (χ4v) is 8.67. The van der Waals surface area contributed by atoms with Crippen molar-refractivity contribution in [3.8, 4) is 0 Å². The molecule has 4 aliphatic rings. The summed E-state index contributed by atoms with van der Waals surface area (Å²) in [5.74, 6) is 5.62. The molecule has 0 aromatic carbocycles. The molecule has 0 bridgehead atoms. The summed E-state index contributed by atoms with van der Waals surface area (Å²) in [7, 11) is 0. The maximum absolute atomic E-state index is 13.2. The maximum atomic E-state index is 13.2. The van der Waals surface area contributed by atoms with Gasteiger partial charge in [-0.05, 0) is 84.9 Å². The molecule has 4 aliphatic carbocycles. The van der Waals surface area contributed by atoms with Gasteiger partial charge in [-0.1, -0.05) is 66.0 Å². The van der Waals surface area contributed by atoms with Gasteiger partial charge in [0.25, 0.3) is 0 Å². The van der Waals surface area contributed by atoms with Gasteiger partial charge < -0.3 is 0 Å². The number of hydrogen-bond acceptors (Lipinski definition) is 1. The lowest BCUT2D eigenvalue weighted by molar-refractivity contribution is -0.146. The Morgan fingerprint density at radius 1 is 1.00 bits per heavy atom. The summed E-state index contributed by atoms with van der Waals surface area (Å²) in [4.78, 5) is 13.2. The number of rotatable bonds is 5. The summed E-state index contributed by atoms with van der Waals surface area (Å²) in [5, 5.41) is 0. The van der Waals surface area contributed by atoms with Crippen molar-refractivity contribution >= 4 is 5.78 Å². The monoisotopic (exact) mass is 384 g/mol. The van der Waals surface area contributed by atoms with Crippen LogP contribution >= 0.6 is 0 Å². The highest BCUT2D eigenvalue weighted by atomic mass is 16.1. The van der Waals surface area contributed by atoms with Crippen LogP contribution in [0.2, 0.25) is 0 Å². The molecule has 4 rings (SSSR count). The molecule has 1 nitrogen and oxygen atoms in total. The van der Waals surface area contributed by atoms with Gasteiger partial charge in [-0.15, -0.1) is 0 Å². The molecule has 1 heteroatoms. The summed E-state index contributed by atoms with van der Waals surface area (Å²) in [6, 6.07) is 0. The van der Waals surface area contributed by atoms with Gasteiger partial charge in [-0.2, -0.15) is 0 Å². The Morgan fingerprint density at radius 2 is 1.75 bits per heavy atom. The molecule has 0 aliphatic heterocycles. The van der Waals surface area contributed by atoms with Gasteiger partial charge in [-0.25, -0.2) is 0 Å². The number of carbonyl (C=O) groups excluding carboxylic acids is 1. The summed E-state index contributed by atoms with van der Waals surface area (Å²) in [6.07, 6.45) is 17.6. The van der Waals surface area contributed by atoms with Gasteiger partial charge in [0.1, 0.15) is 5.78 Å². The minimum Gasteiger partial charge on any atom is -0.299 e. The Kier molecular flexibility index (Phi) is 5.60. The van der Waals surface area contributed by atoms with E-state index in [1.807, 2.05) is 0 Å². The number of Topliss-reactive ketones (excluding diaryl/α,β-unsaturated/α-hetero) is 1. The van der Waals surface area contributed by atoms with Crippen molar-refractivity contribution in [3.63, 3.8) is 0 Å². The van der Waals surface area contributed by atoms with Crippen LogP contribution in [0.5, 0.6) is 0 Å². The molecular formula is C27H44O. The quantitative estimate of drug-likeness (QED) is 0.450. The van der Waals surface area contributed by atoms with E-state index in [1.165, 1.54) is 57.8 Å². The Labute approximate surface area is 174 Å². The van der Waals surface area contributed by atoms with Gasteiger partial charge >= 0.3 is 0 Å². The second kappa shape index (κ2) is 7.59. The number of carbonyl (C=O) groups is 1. The number of ketones is 1. The Balaban J connectivity index is 1.51. The van der Waals surface area contributed by atoms with Crippen LogP contribution in [0.15, 0.2) is 12.2 Å². The van der Waals surface area contributed by atoms with Gasteiger partial charge in [0.2, 0.25) is 0 Å². The fraction of sp³-hybridized carbons (Fsp3) is 0.889. The van der Waals surface area contributed by atoms with Crippen molar-refractivity contribution in [2.24, 2.45) is 52.3 Å². The minimum atomic E-state index is 0.221. The second-order valence-electron chi connectivity index (χ2n) is 12.0. The predicted octanol–water partition coefficient (Wildman–Crippen LogP) is 7.45. The highest BCUT2D eigenvalue weighted by Crippen LogP contribution is 2.67. The van der Waals surface area contributed by atoms with E-state index in [0.29, 0.717) is 17.1 Å². The molecule has 158 valence electrons. The molecule has 0 unspecified atom stereocenters. The van der Waals surface area contributed by atoms with Crippen LogP contribution in [-0.2, 0) is 4.79 Å². The van der Waals surface area contributed by atoms with Crippen LogP contribution in [0.3, 0.4) is 0 Å². The lowest BCUT2D eigenvalue weighted by Crippen LogP contribution is -2.55.